The van der Waals surface area contributed by atoms with Crippen molar-refractivity contribution in [2.75, 3.05) is 0 Å². The molecule has 1 rings (SSSR count). The second-order valence-corrected chi connectivity index (χ2v) is 3.15. The number of carbonyl (C=O) groups excluding carboxylic acids is 1. The number of rotatable bonds is 3. The van der Waals surface area contributed by atoms with Crippen molar-refractivity contribution in [3.63, 3.8) is 0 Å². The van der Waals surface area contributed by atoms with Gasteiger partial charge < -0.3 is 5.11 Å². The van der Waals surface area contributed by atoms with Gasteiger partial charge in [0.15, 0.2) is 0 Å². The number of Topliss-reactive ketones (excluding diaryl/α,β-unsaturated/α-hetero) is 1. The maximum Gasteiger partial charge on any atom is 0.135 e. The average molecular weight is 142 g/mol. The van der Waals surface area contributed by atoms with E-state index in [0.29, 0.717) is 12.8 Å². The van der Waals surface area contributed by atoms with E-state index in [9.17, 15) is 9.90 Å². The predicted octanol–water partition coefficient (Wildman–Crippen LogP) is 1.27. The summed E-state index contributed by atoms with van der Waals surface area (Å²) in [6.07, 6.45) is 3.65. The van der Waals surface area contributed by atoms with E-state index in [-0.39, 0.29) is 5.78 Å². The molecule has 1 saturated carbocycles. The van der Waals surface area contributed by atoms with Crippen LogP contribution in [0.2, 0.25) is 0 Å². The summed E-state index contributed by atoms with van der Waals surface area (Å²) in [7, 11) is 0. The molecule has 1 N–H and O–H groups in total. The van der Waals surface area contributed by atoms with E-state index in [0.717, 1.165) is 19.3 Å². The van der Waals surface area contributed by atoms with Crippen LogP contribution in [0.3, 0.4) is 0 Å². The number of ketones is 1. The zero-order valence-electron chi connectivity index (χ0n) is 6.39. The molecule has 0 unspecified atom stereocenters. The molecule has 0 heterocycles. The first-order valence-corrected chi connectivity index (χ1v) is 3.90. The fourth-order valence-corrected chi connectivity index (χ4v) is 1.25. The third-order valence-electron chi connectivity index (χ3n) is 2.20. The zero-order valence-corrected chi connectivity index (χ0v) is 6.39. The largest absolute Gasteiger partial charge is 0.389 e. The number of hydrogen-bond acceptors (Lipinski definition) is 2. The summed E-state index contributed by atoms with van der Waals surface area (Å²) < 4.78 is 0. The Kier molecular flexibility index (Phi) is 2.09. The van der Waals surface area contributed by atoms with E-state index in [4.69, 9.17) is 0 Å². The molecule has 0 aromatic carbocycles. The highest BCUT2D eigenvalue weighted by Crippen LogP contribution is 2.34. The van der Waals surface area contributed by atoms with Crippen LogP contribution >= 0.6 is 0 Å². The lowest BCUT2D eigenvalue weighted by molar-refractivity contribution is -0.127. The lowest BCUT2D eigenvalue weighted by atomic mass is 9.76. The van der Waals surface area contributed by atoms with E-state index in [2.05, 4.69) is 0 Å². The molecule has 2 nitrogen and oxygen atoms in total. The highest BCUT2D eigenvalue weighted by molar-refractivity contribution is 5.79. The van der Waals surface area contributed by atoms with Gasteiger partial charge in [0.2, 0.25) is 0 Å². The molecule has 1 aliphatic rings. The maximum absolute atomic E-state index is 10.9. The third-order valence-corrected chi connectivity index (χ3v) is 2.20. The van der Waals surface area contributed by atoms with Crippen LogP contribution in [0.5, 0.6) is 0 Å². The van der Waals surface area contributed by atoms with Gasteiger partial charge in [-0.1, -0.05) is 6.92 Å². The van der Waals surface area contributed by atoms with E-state index in [1.54, 1.807) is 0 Å². The molecule has 0 radical (unpaired) electrons. The molecule has 0 amide bonds. The van der Waals surface area contributed by atoms with Crippen molar-refractivity contribution in [3.05, 3.63) is 0 Å². The molecule has 0 bridgehead atoms. The van der Waals surface area contributed by atoms with Crippen molar-refractivity contribution in [1.29, 1.82) is 0 Å². The van der Waals surface area contributed by atoms with Gasteiger partial charge in [-0.05, 0) is 19.3 Å². The first-order valence-electron chi connectivity index (χ1n) is 3.90. The Morgan fingerprint density at radius 2 is 2.20 bits per heavy atom. The Balaban J connectivity index is 2.29. The van der Waals surface area contributed by atoms with Gasteiger partial charge in [0.25, 0.3) is 0 Å². The highest BCUT2D eigenvalue weighted by atomic mass is 16.3. The standard InChI is InChI=1S/C8H14O2/c1-2-7(9)6-8(10)4-3-5-8/h10H,2-6H2,1H3. The Morgan fingerprint density at radius 1 is 1.60 bits per heavy atom. The van der Waals surface area contributed by atoms with E-state index < -0.39 is 5.60 Å². The molecule has 58 valence electrons. The van der Waals surface area contributed by atoms with Gasteiger partial charge in [-0.15, -0.1) is 0 Å². The van der Waals surface area contributed by atoms with Crippen LogP contribution in [-0.2, 0) is 4.79 Å². The fourth-order valence-electron chi connectivity index (χ4n) is 1.25. The smallest absolute Gasteiger partial charge is 0.135 e. The molecule has 0 spiro atoms. The summed E-state index contributed by atoms with van der Waals surface area (Å²) in [6, 6.07) is 0. The molecule has 0 aromatic rings. The van der Waals surface area contributed by atoms with Gasteiger partial charge in [-0.25, -0.2) is 0 Å². The Bertz CT molecular complexity index is 136. The predicted molar refractivity (Wildman–Crippen MR) is 38.7 cm³/mol. The van der Waals surface area contributed by atoms with Gasteiger partial charge >= 0.3 is 0 Å². The van der Waals surface area contributed by atoms with Crippen molar-refractivity contribution in [2.45, 2.75) is 44.6 Å². The molecule has 0 atom stereocenters. The van der Waals surface area contributed by atoms with Crippen molar-refractivity contribution in [2.24, 2.45) is 0 Å². The minimum absolute atomic E-state index is 0.183. The van der Waals surface area contributed by atoms with Gasteiger partial charge in [-0.2, -0.15) is 0 Å². The van der Waals surface area contributed by atoms with Crippen molar-refractivity contribution < 1.29 is 9.90 Å². The van der Waals surface area contributed by atoms with Crippen LogP contribution in [0.1, 0.15) is 39.0 Å². The fraction of sp³-hybridized carbons (Fsp3) is 0.875. The van der Waals surface area contributed by atoms with Gasteiger partial charge in [0.05, 0.1) is 5.60 Å². The Labute approximate surface area is 61.2 Å². The molecule has 0 saturated heterocycles. The number of hydrogen-bond donors (Lipinski definition) is 1. The van der Waals surface area contributed by atoms with E-state index >= 15 is 0 Å². The van der Waals surface area contributed by atoms with Crippen LogP contribution in [0.25, 0.3) is 0 Å². The summed E-state index contributed by atoms with van der Waals surface area (Å²) in [6.45, 7) is 1.84. The summed E-state index contributed by atoms with van der Waals surface area (Å²) >= 11 is 0. The van der Waals surface area contributed by atoms with Crippen LogP contribution in [0, 0.1) is 0 Å². The number of aliphatic hydroxyl groups is 1. The zero-order chi connectivity index (χ0) is 7.61. The van der Waals surface area contributed by atoms with Crippen LogP contribution in [-0.4, -0.2) is 16.5 Å². The van der Waals surface area contributed by atoms with Crippen molar-refractivity contribution in [1.82, 2.24) is 0 Å². The molecule has 1 aliphatic carbocycles. The van der Waals surface area contributed by atoms with E-state index in [1.165, 1.54) is 0 Å². The quantitative estimate of drug-likeness (QED) is 0.644. The summed E-state index contributed by atoms with van der Waals surface area (Å²) in [5, 5.41) is 9.49. The molecule has 10 heavy (non-hydrogen) atoms. The van der Waals surface area contributed by atoms with Crippen LogP contribution in [0.15, 0.2) is 0 Å². The Morgan fingerprint density at radius 3 is 2.50 bits per heavy atom. The van der Waals surface area contributed by atoms with Crippen LogP contribution in [0.4, 0.5) is 0 Å². The second kappa shape index (κ2) is 2.70. The second-order valence-electron chi connectivity index (χ2n) is 3.15. The minimum atomic E-state index is -0.604. The summed E-state index contributed by atoms with van der Waals surface area (Å²) in [5.41, 5.74) is -0.604. The first-order chi connectivity index (χ1) is 4.66. The van der Waals surface area contributed by atoms with Crippen LogP contribution < -0.4 is 0 Å². The Hall–Kier alpha value is -0.370. The normalized spacial score (nSPS) is 21.8. The highest BCUT2D eigenvalue weighted by Gasteiger charge is 2.35. The minimum Gasteiger partial charge on any atom is -0.389 e. The summed E-state index contributed by atoms with van der Waals surface area (Å²) in [5.74, 6) is 0.183. The maximum atomic E-state index is 10.9. The third kappa shape index (κ3) is 1.57. The van der Waals surface area contributed by atoms with E-state index in [1.807, 2.05) is 6.92 Å². The monoisotopic (exact) mass is 142 g/mol. The first kappa shape index (κ1) is 7.73. The molecule has 1 fully saturated rings. The molecular formula is C8H14O2. The van der Waals surface area contributed by atoms with Crippen molar-refractivity contribution in [3.8, 4) is 0 Å². The van der Waals surface area contributed by atoms with Gasteiger partial charge in [0.1, 0.15) is 5.78 Å². The molecular weight excluding hydrogens is 128 g/mol. The average Bonchev–Trinajstić information content (AvgIpc) is 1.84. The lowest BCUT2D eigenvalue weighted by Gasteiger charge is -2.35. The van der Waals surface area contributed by atoms with Gasteiger partial charge in [-0.3, -0.25) is 4.79 Å². The topological polar surface area (TPSA) is 37.3 Å². The molecule has 0 aliphatic heterocycles. The lowest BCUT2D eigenvalue weighted by Crippen LogP contribution is -2.38. The summed E-state index contributed by atoms with van der Waals surface area (Å²) in [4.78, 5) is 10.9. The molecule has 2 heteroatoms. The SMILES string of the molecule is CCC(=O)CC1(O)CCC1. The molecule has 0 aromatic heterocycles. The van der Waals surface area contributed by atoms with Crippen molar-refractivity contribution >= 4 is 5.78 Å². The van der Waals surface area contributed by atoms with Gasteiger partial charge in [0, 0.05) is 12.8 Å². The number of carbonyl (C=O) groups is 1.